The monoisotopic (exact) mass is 307 g/mol. The molecule has 0 aliphatic rings. The van der Waals surface area contributed by atoms with Crippen LogP contribution in [0.25, 0.3) is 0 Å². The maximum atomic E-state index is 13.4. The first-order chi connectivity index (χ1) is 9.74. The molecule has 1 aromatic carbocycles. The Morgan fingerprint density at radius 1 is 1.29 bits per heavy atom. The van der Waals surface area contributed by atoms with Crippen LogP contribution in [-0.2, 0) is 20.7 Å². The van der Waals surface area contributed by atoms with E-state index >= 15 is 0 Å². The maximum absolute atomic E-state index is 13.4. The van der Waals surface area contributed by atoms with E-state index in [0.717, 1.165) is 12.1 Å². The van der Waals surface area contributed by atoms with Crippen molar-refractivity contribution in [2.45, 2.75) is 25.9 Å². The number of rotatable bonds is 5. The number of aryl methyl sites for hydroxylation is 1. The number of esters is 1. The number of anilines is 1. The zero-order valence-corrected chi connectivity index (χ0v) is 11.1. The lowest BCUT2D eigenvalue weighted by Gasteiger charge is -2.10. The van der Waals surface area contributed by atoms with Gasteiger partial charge in [0.1, 0.15) is 5.82 Å². The van der Waals surface area contributed by atoms with Crippen LogP contribution < -0.4 is 5.32 Å². The van der Waals surface area contributed by atoms with Gasteiger partial charge in [-0.05, 0) is 31.0 Å². The molecule has 0 heterocycles. The first-order valence-electron chi connectivity index (χ1n) is 6.06. The van der Waals surface area contributed by atoms with E-state index in [4.69, 9.17) is 4.74 Å². The molecular weight excluding hydrogens is 294 g/mol. The van der Waals surface area contributed by atoms with Gasteiger partial charge in [-0.1, -0.05) is 6.07 Å². The van der Waals surface area contributed by atoms with E-state index in [1.165, 1.54) is 11.4 Å². The molecule has 8 heteroatoms. The molecule has 0 atom stereocenters. The number of carbonyl (C=O) groups excluding carboxylic acids is 2. The lowest BCUT2D eigenvalue weighted by molar-refractivity contribution is -0.167. The molecule has 4 nitrogen and oxygen atoms in total. The van der Waals surface area contributed by atoms with E-state index in [0.29, 0.717) is 5.56 Å². The molecule has 21 heavy (non-hydrogen) atoms. The molecule has 0 saturated heterocycles. The Kier molecular flexibility index (Phi) is 5.69. The summed E-state index contributed by atoms with van der Waals surface area (Å²) in [6.07, 6.45) is -4.94. The number of ether oxygens (including phenoxy) is 1. The van der Waals surface area contributed by atoms with Crippen molar-refractivity contribution in [3.63, 3.8) is 0 Å². The largest absolute Gasteiger partial charge is 0.471 e. The van der Waals surface area contributed by atoms with Gasteiger partial charge in [0.05, 0.1) is 12.3 Å². The summed E-state index contributed by atoms with van der Waals surface area (Å²) in [6, 6.07) is 3.29. The molecule has 0 spiro atoms. The van der Waals surface area contributed by atoms with Crippen LogP contribution in [0.4, 0.5) is 23.2 Å². The molecule has 0 aliphatic carbocycles. The molecule has 0 saturated carbocycles. The van der Waals surface area contributed by atoms with E-state index in [9.17, 15) is 27.2 Å². The summed E-state index contributed by atoms with van der Waals surface area (Å²) < 4.78 is 54.4. The highest BCUT2D eigenvalue weighted by Gasteiger charge is 2.39. The molecule has 0 radical (unpaired) electrons. The van der Waals surface area contributed by atoms with Crippen LogP contribution in [0.2, 0.25) is 0 Å². The summed E-state index contributed by atoms with van der Waals surface area (Å²) in [7, 11) is 0. The zero-order chi connectivity index (χ0) is 16.0. The Hall–Kier alpha value is -2.12. The predicted molar refractivity (Wildman–Crippen MR) is 66.0 cm³/mol. The third kappa shape index (κ3) is 5.41. The van der Waals surface area contributed by atoms with Crippen molar-refractivity contribution in [2.75, 3.05) is 11.9 Å². The van der Waals surface area contributed by atoms with E-state index in [2.05, 4.69) is 0 Å². The molecule has 1 N–H and O–H groups in total. The van der Waals surface area contributed by atoms with Crippen LogP contribution in [0.3, 0.4) is 0 Å². The summed E-state index contributed by atoms with van der Waals surface area (Å²) in [4.78, 5) is 21.9. The molecule has 1 aromatic rings. The minimum Gasteiger partial charge on any atom is -0.466 e. The second-order valence-corrected chi connectivity index (χ2v) is 4.07. The van der Waals surface area contributed by atoms with E-state index in [1.54, 1.807) is 6.92 Å². The number of halogens is 4. The van der Waals surface area contributed by atoms with Crippen molar-refractivity contribution in [1.29, 1.82) is 0 Å². The van der Waals surface area contributed by atoms with Gasteiger partial charge >= 0.3 is 18.1 Å². The first-order valence-corrected chi connectivity index (χ1v) is 6.06. The van der Waals surface area contributed by atoms with Gasteiger partial charge in [0.25, 0.3) is 0 Å². The lowest BCUT2D eigenvalue weighted by Crippen LogP contribution is -2.30. The summed E-state index contributed by atoms with van der Waals surface area (Å²) in [6.45, 7) is 1.86. The van der Waals surface area contributed by atoms with Crippen LogP contribution >= 0.6 is 0 Å². The average molecular weight is 307 g/mol. The Morgan fingerprint density at radius 2 is 1.95 bits per heavy atom. The second kappa shape index (κ2) is 7.05. The van der Waals surface area contributed by atoms with Crippen LogP contribution in [0.1, 0.15) is 18.9 Å². The number of benzene rings is 1. The Labute approximate surface area is 118 Å². The van der Waals surface area contributed by atoms with E-state index in [1.807, 2.05) is 0 Å². The molecule has 0 fully saturated rings. The Bertz CT molecular complexity index is 529. The van der Waals surface area contributed by atoms with Gasteiger partial charge in [-0.25, -0.2) is 4.39 Å². The molecule has 0 aromatic heterocycles. The fourth-order valence-corrected chi connectivity index (χ4v) is 1.50. The van der Waals surface area contributed by atoms with Crippen molar-refractivity contribution in [3.05, 3.63) is 29.6 Å². The standard InChI is InChI=1S/C13H13F4NO3/c1-2-21-11(19)6-4-8-3-5-9(14)10(7-8)18-12(20)13(15,16)17/h3,5,7H,2,4,6H2,1H3,(H,18,20). The van der Waals surface area contributed by atoms with Crippen LogP contribution in [0.5, 0.6) is 0 Å². The van der Waals surface area contributed by atoms with Gasteiger partial charge in [0.2, 0.25) is 0 Å². The normalized spacial score (nSPS) is 11.1. The van der Waals surface area contributed by atoms with Crippen LogP contribution in [0.15, 0.2) is 18.2 Å². The van der Waals surface area contributed by atoms with Crippen molar-refractivity contribution >= 4 is 17.6 Å². The van der Waals surface area contributed by atoms with Crippen LogP contribution in [-0.4, -0.2) is 24.7 Å². The molecule has 1 amide bonds. The minimum absolute atomic E-state index is 0.00608. The Morgan fingerprint density at radius 3 is 2.52 bits per heavy atom. The van der Waals surface area contributed by atoms with Crippen molar-refractivity contribution in [3.8, 4) is 0 Å². The number of amides is 1. The van der Waals surface area contributed by atoms with Crippen molar-refractivity contribution in [2.24, 2.45) is 0 Å². The van der Waals surface area contributed by atoms with Gasteiger partial charge in [-0.3, -0.25) is 9.59 Å². The smallest absolute Gasteiger partial charge is 0.466 e. The third-order valence-corrected chi connectivity index (χ3v) is 2.46. The van der Waals surface area contributed by atoms with Gasteiger partial charge in [-0.15, -0.1) is 0 Å². The van der Waals surface area contributed by atoms with E-state index < -0.39 is 29.6 Å². The predicted octanol–water partition coefficient (Wildman–Crippen LogP) is 2.82. The molecule has 0 aliphatic heterocycles. The fraction of sp³-hybridized carbons (Fsp3) is 0.385. The number of alkyl halides is 3. The molecule has 0 bridgehead atoms. The minimum atomic E-state index is -5.10. The average Bonchev–Trinajstić information content (AvgIpc) is 2.39. The number of hydrogen-bond acceptors (Lipinski definition) is 3. The summed E-state index contributed by atoms with van der Waals surface area (Å²) in [5.74, 6) is -3.72. The first kappa shape index (κ1) is 16.9. The highest BCUT2D eigenvalue weighted by Crippen LogP contribution is 2.22. The van der Waals surface area contributed by atoms with Gasteiger partial charge in [-0.2, -0.15) is 13.2 Å². The van der Waals surface area contributed by atoms with E-state index in [-0.39, 0.29) is 19.4 Å². The fourth-order valence-electron chi connectivity index (χ4n) is 1.50. The highest BCUT2D eigenvalue weighted by atomic mass is 19.4. The highest BCUT2D eigenvalue weighted by molar-refractivity contribution is 5.95. The van der Waals surface area contributed by atoms with Gasteiger partial charge in [0.15, 0.2) is 0 Å². The zero-order valence-electron chi connectivity index (χ0n) is 11.1. The SMILES string of the molecule is CCOC(=O)CCc1ccc(F)c(NC(=O)C(F)(F)F)c1. The van der Waals surface area contributed by atoms with Crippen LogP contribution in [0, 0.1) is 5.82 Å². The quantitative estimate of drug-likeness (QED) is 0.672. The number of carbonyl (C=O) groups is 2. The molecule has 1 rings (SSSR count). The maximum Gasteiger partial charge on any atom is 0.471 e. The molecule has 0 unspecified atom stereocenters. The summed E-state index contributed by atoms with van der Waals surface area (Å²) >= 11 is 0. The van der Waals surface area contributed by atoms with Gasteiger partial charge in [0, 0.05) is 6.42 Å². The lowest BCUT2D eigenvalue weighted by atomic mass is 10.1. The summed E-state index contributed by atoms with van der Waals surface area (Å²) in [5.41, 5.74) is -0.180. The second-order valence-electron chi connectivity index (χ2n) is 4.07. The number of nitrogens with one attached hydrogen (secondary N) is 1. The third-order valence-electron chi connectivity index (χ3n) is 2.46. The summed E-state index contributed by atoms with van der Waals surface area (Å²) in [5, 5.41) is 1.45. The molecule has 116 valence electrons. The molecular formula is C13H13F4NO3. The van der Waals surface area contributed by atoms with Crippen molar-refractivity contribution < 1.29 is 31.9 Å². The van der Waals surface area contributed by atoms with Gasteiger partial charge < -0.3 is 10.1 Å². The Balaban J connectivity index is 2.76. The number of hydrogen-bond donors (Lipinski definition) is 1. The topological polar surface area (TPSA) is 55.4 Å². The van der Waals surface area contributed by atoms with Crippen molar-refractivity contribution in [1.82, 2.24) is 0 Å².